The summed E-state index contributed by atoms with van der Waals surface area (Å²) in [5.41, 5.74) is 4.79. The van der Waals surface area contributed by atoms with E-state index < -0.39 is 0 Å². The second-order valence-corrected chi connectivity index (χ2v) is 10.8. The highest BCUT2D eigenvalue weighted by Crippen LogP contribution is 2.59. The lowest BCUT2D eigenvalue weighted by molar-refractivity contribution is 0.299. The summed E-state index contributed by atoms with van der Waals surface area (Å²) in [5.74, 6) is 3.03. The number of aromatic hydroxyl groups is 1. The molecule has 174 valence electrons. The van der Waals surface area contributed by atoms with Gasteiger partial charge in [0.1, 0.15) is 5.75 Å². The molecule has 2 aromatic heterocycles. The van der Waals surface area contributed by atoms with Crippen LogP contribution in [0.15, 0.2) is 59.8 Å². The van der Waals surface area contributed by atoms with Gasteiger partial charge >= 0.3 is 0 Å². The summed E-state index contributed by atoms with van der Waals surface area (Å²) in [7, 11) is 2.05. The molecule has 1 aliphatic heterocycles. The third kappa shape index (κ3) is 3.77. The van der Waals surface area contributed by atoms with Crippen molar-refractivity contribution in [2.45, 2.75) is 30.3 Å². The Labute approximate surface area is 204 Å². The van der Waals surface area contributed by atoms with E-state index in [0.29, 0.717) is 11.2 Å². The average molecular weight is 472 g/mol. The van der Waals surface area contributed by atoms with E-state index in [4.69, 9.17) is 0 Å². The van der Waals surface area contributed by atoms with E-state index in [1.807, 2.05) is 44.3 Å². The zero-order valence-corrected chi connectivity index (χ0v) is 20.4. The van der Waals surface area contributed by atoms with E-state index in [0.717, 1.165) is 64.3 Å². The lowest BCUT2D eigenvalue weighted by Gasteiger charge is -2.21. The molecule has 0 unspecified atom stereocenters. The van der Waals surface area contributed by atoms with Gasteiger partial charge in [0, 0.05) is 47.9 Å². The minimum absolute atomic E-state index is 0.325. The second kappa shape index (κ2) is 8.40. The predicted octanol–water partition coefficient (Wildman–Crippen LogP) is 4.80. The van der Waals surface area contributed by atoms with Gasteiger partial charge in [0.05, 0.1) is 5.52 Å². The molecule has 6 nitrogen and oxygen atoms in total. The highest BCUT2D eigenvalue weighted by atomic mass is 32.2. The van der Waals surface area contributed by atoms with E-state index in [2.05, 4.69) is 48.9 Å². The van der Waals surface area contributed by atoms with Crippen LogP contribution in [0.3, 0.4) is 0 Å². The van der Waals surface area contributed by atoms with Crippen molar-refractivity contribution in [1.82, 2.24) is 24.6 Å². The molecule has 2 atom stereocenters. The normalized spacial score (nSPS) is 21.8. The summed E-state index contributed by atoms with van der Waals surface area (Å²) in [5, 5.41) is 20.7. The van der Waals surface area contributed by atoms with Gasteiger partial charge in [0.25, 0.3) is 0 Å². The van der Waals surface area contributed by atoms with Gasteiger partial charge in [0.15, 0.2) is 11.0 Å². The van der Waals surface area contributed by atoms with E-state index >= 15 is 0 Å². The van der Waals surface area contributed by atoms with Crippen LogP contribution >= 0.6 is 11.8 Å². The summed E-state index contributed by atoms with van der Waals surface area (Å²) < 4.78 is 2.10. The van der Waals surface area contributed by atoms with Crippen molar-refractivity contribution in [1.29, 1.82) is 0 Å². The third-order valence-corrected chi connectivity index (χ3v) is 8.56. The molecule has 0 amide bonds. The molecule has 0 bridgehead atoms. The largest absolute Gasteiger partial charge is 0.508 e. The quantitative estimate of drug-likeness (QED) is 0.309. The molecular formula is C27H29N5OS. The van der Waals surface area contributed by atoms with Crippen LogP contribution in [0.25, 0.3) is 22.3 Å². The molecule has 4 aromatic rings. The Balaban J connectivity index is 1.06. The SMILES string of the molecule is Cc1ccc2c(-c3nnc(SCCCN4C[C@@H]5C[C@]5(c5ccc(O)cc5)C4)n3C)cccc2n1. The number of fused-ring (bicyclic) bond motifs is 2. The minimum atomic E-state index is 0.325. The van der Waals surface area contributed by atoms with Gasteiger partial charge in [-0.25, -0.2) is 0 Å². The molecule has 2 aromatic carbocycles. The summed E-state index contributed by atoms with van der Waals surface area (Å²) >= 11 is 1.78. The molecule has 0 radical (unpaired) electrons. The fourth-order valence-corrected chi connectivity index (χ4v) is 6.41. The molecule has 3 heterocycles. The number of phenolic OH excluding ortho intramolecular Hbond substituents is 1. The number of benzene rings is 2. The molecular weight excluding hydrogens is 442 g/mol. The van der Waals surface area contributed by atoms with Crippen molar-refractivity contribution >= 4 is 22.7 Å². The van der Waals surface area contributed by atoms with Gasteiger partial charge < -0.3 is 14.6 Å². The Morgan fingerprint density at radius 3 is 2.79 bits per heavy atom. The molecule has 34 heavy (non-hydrogen) atoms. The zero-order valence-electron chi connectivity index (χ0n) is 19.6. The first kappa shape index (κ1) is 21.6. The number of aromatic nitrogens is 4. The molecule has 1 N–H and O–H groups in total. The van der Waals surface area contributed by atoms with Crippen molar-refractivity contribution in [3.8, 4) is 17.1 Å². The highest BCUT2D eigenvalue weighted by molar-refractivity contribution is 7.99. The van der Waals surface area contributed by atoms with Crippen molar-refractivity contribution < 1.29 is 5.11 Å². The van der Waals surface area contributed by atoms with Crippen molar-refractivity contribution in [3.05, 3.63) is 65.9 Å². The minimum Gasteiger partial charge on any atom is -0.508 e. The lowest BCUT2D eigenvalue weighted by atomic mass is 9.95. The van der Waals surface area contributed by atoms with Crippen molar-refractivity contribution in [2.24, 2.45) is 13.0 Å². The Morgan fingerprint density at radius 2 is 1.94 bits per heavy atom. The number of nitrogens with zero attached hydrogens (tertiary/aromatic N) is 5. The van der Waals surface area contributed by atoms with Crippen LogP contribution < -0.4 is 0 Å². The fraction of sp³-hybridized carbons (Fsp3) is 0.370. The van der Waals surface area contributed by atoms with Crippen LogP contribution in [0.1, 0.15) is 24.1 Å². The molecule has 2 aliphatic rings. The molecule has 7 heteroatoms. The monoisotopic (exact) mass is 471 g/mol. The summed E-state index contributed by atoms with van der Waals surface area (Å²) in [6.45, 7) is 5.45. The van der Waals surface area contributed by atoms with Crippen LogP contribution in [0, 0.1) is 12.8 Å². The number of phenols is 1. The number of pyridine rings is 1. The first-order chi connectivity index (χ1) is 16.5. The number of likely N-dealkylation sites (tertiary alicyclic amines) is 1. The number of aryl methyl sites for hydroxylation is 1. The standard InChI is InChI=1S/C27H29N5OS/c1-18-7-12-22-23(5-3-6-24(22)28-18)25-29-30-26(31(25)2)34-14-4-13-32-16-20-15-27(20,17-32)19-8-10-21(33)11-9-19/h3,5-12,20,33H,4,13-17H2,1-2H3/t20-,27+/m0/s1. The Kier molecular flexibility index (Phi) is 5.34. The maximum absolute atomic E-state index is 9.60. The van der Waals surface area contributed by atoms with Gasteiger partial charge in [-0.1, -0.05) is 42.1 Å². The Hall–Kier alpha value is -2.90. The third-order valence-electron chi connectivity index (χ3n) is 7.46. The number of thioether (sulfide) groups is 1. The van der Waals surface area contributed by atoms with E-state index in [9.17, 15) is 5.11 Å². The predicted molar refractivity (Wildman–Crippen MR) is 136 cm³/mol. The van der Waals surface area contributed by atoms with E-state index in [-0.39, 0.29) is 0 Å². The van der Waals surface area contributed by atoms with Gasteiger partial charge in [0.2, 0.25) is 0 Å². The van der Waals surface area contributed by atoms with E-state index in [1.165, 1.54) is 18.5 Å². The van der Waals surface area contributed by atoms with Gasteiger partial charge in [-0.05, 0) is 62.1 Å². The van der Waals surface area contributed by atoms with Crippen LogP contribution in [0.4, 0.5) is 0 Å². The average Bonchev–Trinajstić information content (AvgIpc) is 3.21. The van der Waals surface area contributed by atoms with Crippen LogP contribution in [-0.2, 0) is 12.5 Å². The van der Waals surface area contributed by atoms with Crippen LogP contribution in [0.2, 0.25) is 0 Å². The molecule has 2 fully saturated rings. The lowest BCUT2D eigenvalue weighted by Crippen LogP contribution is -2.27. The zero-order chi connectivity index (χ0) is 23.3. The molecule has 1 saturated heterocycles. The maximum Gasteiger partial charge on any atom is 0.191 e. The molecule has 0 spiro atoms. The molecule has 1 aliphatic carbocycles. The van der Waals surface area contributed by atoms with Gasteiger partial charge in [-0.3, -0.25) is 4.98 Å². The van der Waals surface area contributed by atoms with Gasteiger partial charge in [-0.2, -0.15) is 0 Å². The first-order valence-corrected chi connectivity index (χ1v) is 12.9. The van der Waals surface area contributed by atoms with Crippen LogP contribution in [0.5, 0.6) is 5.75 Å². The number of hydrogen-bond acceptors (Lipinski definition) is 6. The smallest absolute Gasteiger partial charge is 0.191 e. The molecule has 1 saturated carbocycles. The van der Waals surface area contributed by atoms with Crippen molar-refractivity contribution in [2.75, 3.05) is 25.4 Å². The topological polar surface area (TPSA) is 67.1 Å². The number of piperidine rings is 1. The fourth-order valence-electron chi connectivity index (χ4n) is 5.58. The first-order valence-electron chi connectivity index (χ1n) is 11.9. The van der Waals surface area contributed by atoms with Gasteiger partial charge in [-0.15, -0.1) is 10.2 Å². The summed E-state index contributed by atoms with van der Waals surface area (Å²) in [6, 6.07) is 18.2. The number of hydrogen-bond donors (Lipinski definition) is 1. The Bertz CT molecular complexity index is 1350. The summed E-state index contributed by atoms with van der Waals surface area (Å²) in [4.78, 5) is 7.26. The highest BCUT2D eigenvalue weighted by Gasteiger charge is 2.60. The van der Waals surface area contributed by atoms with Crippen LogP contribution in [-0.4, -0.2) is 55.1 Å². The number of rotatable bonds is 7. The molecule has 6 rings (SSSR count). The second-order valence-electron chi connectivity index (χ2n) is 9.73. The van der Waals surface area contributed by atoms with Crippen molar-refractivity contribution in [3.63, 3.8) is 0 Å². The maximum atomic E-state index is 9.60. The Morgan fingerprint density at radius 1 is 1.09 bits per heavy atom. The summed E-state index contributed by atoms with van der Waals surface area (Å²) in [6.07, 6.45) is 2.41. The van der Waals surface area contributed by atoms with E-state index in [1.54, 1.807) is 11.8 Å².